The summed E-state index contributed by atoms with van der Waals surface area (Å²) in [6, 6.07) is 8.40. The van der Waals surface area contributed by atoms with Crippen LogP contribution in [0.4, 0.5) is 0 Å². The summed E-state index contributed by atoms with van der Waals surface area (Å²) in [5.74, 6) is 0. The van der Waals surface area contributed by atoms with Crippen LogP contribution in [0.25, 0.3) is 0 Å². The number of thiophene rings is 1. The normalized spacial score (nSPS) is 20.9. The maximum atomic E-state index is 10.4. The van der Waals surface area contributed by atoms with E-state index in [9.17, 15) is 5.11 Å². The molecule has 2 atom stereocenters. The highest BCUT2D eigenvalue weighted by Gasteiger charge is 2.26. The van der Waals surface area contributed by atoms with Gasteiger partial charge in [0.25, 0.3) is 0 Å². The molecule has 0 aliphatic carbocycles. The second-order valence-electron chi connectivity index (χ2n) is 5.64. The molecule has 0 bridgehead atoms. The zero-order valence-electron chi connectivity index (χ0n) is 12.6. The van der Waals surface area contributed by atoms with Crippen LogP contribution >= 0.6 is 11.3 Å². The van der Waals surface area contributed by atoms with Gasteiger partial charge in [0.2, 0.25) is 0 Å². The predicted octanol–water partition coefficient (Wildman–Crippen LogP) is 2.51. The molecule has 22 heavy (non-hydrogen) atoms. The van der Waals surface area contributed by atoms with Crippen molar-refractivity contribution in [3.63, 3.8) is 0 Å². The molecule has 4 nitrogen and oxygen atoms in total. The van der Waals surface area contributed by atoms with Crippen molar-refractivity contribution in [2.75, 3.05) is 26.3 Å². The van der Waals surface area contributed by atoms with E-state index in [1.807, 2.05) is 29.9 Å². The molecule has 118 valence electrons. The average Bonchev–Trinajstić information content (AvgIpc) is 3.10. The van der Waals surface area contributed by atoms with Crippen molar-refractivity contribution >= 4 is 11.3 Å². The molecule has 0 saturated carbocycles. The zero-order chi connectivity index (χ0) is 15.2. The summed E-state index contributed by atoms with van der Waals surface area (Å²) in [5, 5.41) is 12.4. The molecule has 0 spiro atoms. The first kappa shape index (κ1) is 15.6. The summed E-state index contributed by atoms with van der Waals surface area (Å²) in [7, 11) is 0. The Morgan fingerprint density at radius 3 is 3.00 bits per heavy atom. The molecule has 5 heteroatoms. The number of aliphatic hydroxyl groups is 1. The van der Waals surface area contributed by atoms with Crippen molar-refractivity contribution in [2.45, 2.75) is 25.0 Å². The van der Waals surface area contributed by atoms with Crippen molar-refractivity contribution in [3.05, 3.63) is 52.5 Å². The van der Waals surface area contributed by atoms with Gasteiger partial charge in [-0.3, -0.25) is 9.88 Å². The third kappa shape index (κ3) is 4.14. The summed E-state index contributed by atoms with van der Waals surface area (Å²) in [4.78, 5) is 7.54. The molecule has 1 aliphatic rings. The van der Waals surface area contributed by atoms with Crippen molar-refractivity contribution in [1.29, 1.82) is 0 Å². The molecule has 0 amide bonds. The maximum Gasteiger partial charge on any atom is 0.0897 e. The number of morpholine rings is 1. The van der Waals surface area contributed by atoms with Gasteiger partial charge < -0.3 is 9.84 Å². The highest BCUT2D eigenvalue weighted by molar-refractivity contribution is 7.10. The van der Waals surface area contributed by atoms with E-state index in [1.165, 1.54) is 5.56 Å². The summed E-state index contributed by atoms with van der Waals surface area (Å²) in [6.07, 6.45) is 5.03. The van der Waals surface area contributed by atoms with Crippen molar-refractivity contribution in [2.24, 2.45) is 0 Å². The fourth-order valence-electron chi connectivity index (χ4n) is 2.88. The van der Waals surface area contributed by atoms with E-state index < -0.39 is 6.10 Å². The molecular weight excluding hydrogens is 296 g/mol. The Morgan fingerprint density at radius 2 is 2.23 bits per heavy atom. The summed E-state index contributed by atoms with van der Waals surface area (Å²) >= 11 is 1.61. The maximum absolute atomic E-state index is 10.4. The van der Waals surface area contributed by atoms with Gasteiger partial charge in [0.1, 0.15) is 0 Å². The number of nitrogens with zero attached hydrogens (tertiary/aromatic N) is 2. The van der Waals surface area contributed by atoms with Crippen LogP contribution in [0.5, 0.6) is 0 Å². The Morgan fingerprint density at radius 1 is 1.36 bits per heavy atom. The standard InChI is InChI=1S/C17H22N2O2S/c20-16(17-2-1-11-22-17)12-15-13-21-10-9-19(15)8-5-14-3-6-18-7-4-14/h1-4,6-7,11,15-16,20H,5,8-10,12-13H2/t15-,16+/m0/s1. The van der Waals surface area contributed by atoms with E-state index >= 15 is 0 Å². The van der Waals surface area contributed by atoms with Crippen LogP contribution in [0.2, 0.25) is 0 Å². The van der Waals surface area contributed by atoms with E-state index in [4.69, 9.17) is 4.74 Å². The fraction of sp³-hybridized carbons (Fsp3) is 0.471. The number of hydrogen-bond donors (Lipinski definition) is 1. The van der Waals surface area contributed by atoms with E-state index in [0.717, 1.165) is 37.4 Å². The molecule has 0 aromatic carbocycles. The zero-order valence-corrected chi connectivity index (χ0v) is 13.4. The van der Waals surface area contributed by atoms with E-state index in [2.05, 4.69) is 22.0 Å². The number of rotatable bonds is 6. The molecule has 2 aromatic rings. The molecule has 1 fully saturated rings. The van der Waals surface area contributed by atoms with Crippen molar-refractivity contribution in [1.82, 2.24) is 9.88 Å². The van der Waals surface area contributed by atoms with Crippen LogP contribution in [0.15, 0.2) is 42.0 Å². The van der Waals surface area contributed by atoms with Gasteiger partial charge in [-0.1, -0.05) is 6.07 Å². The first-order chi connectivity index (χ1) is 10.8. The first-order valence-corrected chi connectivity index (χ1v) is 8.63. The highest BCUT2D eigenvalue weighted by Crippen LogP contribution is 2.26. The SMILES string of the molecule is O[C@H](C[C@H]1COCCN1CCc1ccncc1)c1cccs1. The lowest BCUT2D eigenvalue weighted by Gasteiger charge is -2.36. The predicted molar refractivity (Wildman–Crippen MR) is 88.0 cm³/mol. The lowest BCUT2D eigenvalue weighted by molar-refractivity contribution is -0.0251. The second kappa shape index (κ2) is 7.83. The Hall–Kier alpha value is -1.27. The monoisotopic (exact) mass is 318 g/mol. The largest absolute Gasteiger partial charge is 0.388 e. The van der Waals surface area contributed by atoms with Gasteiger partial charge in [-0.25, -0.2) is 0 Å². The minimum Gasteiger partial charge on any atom is -0.388 e. The molecule has 1 N–H and O–H groups in total. The van der Waals surface area contributed by atoms with Gasteiger partial charge in [0, 0.05) is 36.4 Å². The Balaban J connectivity index is 1.56. The first-order valence-electron chi connectivity index (χ1n) is 7.75. The van der Waals surface area contributed by atoms with E-state index in [-0.39, 0.29) is 6.04 Å². The number of aliphatic hydroxyl groups excluding tert-OH is 1. The summed E-state index contributed by atoms with van der Waals surface area (Å²) in [6.45, 7) is 3.42. The molecule has 0 unspecified atom stereocenters. The molecule has 0 radical (unpaired) electrons. The number of aromatic nitrogens is 1. The molecular formula is C17H22N2O2S. The minimum absolute atomic E-state index is 0.285. The summed E-state index contributed by atoms with van der Waals surface area (Å²) in [5.41, 5.74) is 1.30. The Kier molecular flexibility index (Phi) is 5.56. The third-order valence-corrected chi connectivity index (χ3v) is 5.13. The molecule has 1 aliphatic heterocycles. The number of pyridine rings is 1. The highest BCUT2D eigenvalue weighted by atomic mass is 32.1. The van der Waals surface area contributed by atoms with Gasteiger partial charge in [-0.05, 0) is 42.0 Å². The second-order valence-corrected chi connectivity index (χ2v) is 6.62. The van der Waals surface area contributed by atoms with Crippen LogP contribution in [0.1, 0.15) is 23.0 Å². The van der Waals surface area contributed by atoms with Gasteiger partial charge in [0.15, 0.2) is 0 Å². The van der Waals surface area contributed by atoms with Gasteiger partial charge >= 0.3 is 0 Å². The topological polar surface area (TPSA) is 45.6 Å². The van der Waals surface area contributed by atoms with Gasteiger partial charge in [-0.15, -0.1) is 11.3 Å². The summed E-state index contributed by atoms with van der Waals surface area (Å²) < 4.78 is 5.62. The van der Waals surface area contributed by atoms with Crippen LogP contribution in [-0.2, 0) is 11.2 Å². The number of hydrogen-bond acceptors (Lipinski definition) is 5. The number of ether oxygens (including phenoxy) is 1. The smallest absolute Gasteiger partial charge is 0.0897 e. The molecule has 1 saturated heterocycles. The van der Waals surface area contributed by atoms with Gasteiger partial charge in [0.05, 0.1) is 19.3 Å². The van der Waals surface area contributed by atoms with Gasteiger partial charge in [-0.2, -0.15) is 0 Å². The minimum atomic E-state index is -0.393. The van der Waals surface area contributed by atoms with Crippen molar-refractivity contribution < 1.29 is 9.84 Å². The average molecular weight is 318 g/mol. The van der Waals surface area contributed by atoms with E-state index in [0.29, 0.717) is 6.61 Å². The fourth-order valence-corrected chi connectivity index (χ4v) is 3.60. The molecule has 3 rings (SSSR count). The van der Waals surface area contributed by atoms with Crippen molar-refractivity contribution in [3.8, 4) is 0 Å². The van der Waals surface area contributed by atoms with E-state index in [1.54, 1.807) is 11.3 Å². The van der Waals surface area contributed by atoms with Crippen LogP contribution in [0, 0.1) is 0 Å². The third-order valence-electron chi connectivity index (χ3n) is 4.15. The van der Waals surface area contributed by atoms with Crippen LogP contribution in [-0.4, -0.2) is 47.3 Å². The lowest BCUT2D eigenvalue weighted by atomic mass is 10.0. The molecule has 2 aromatic heterocycles. The molecule has 3 heterocycles. The van der Waals surface area contributed by atoms with Crippen LogP contribution in [0.3, 0.4) is 0 Å². The lowest BCUT2D eigenvalue weighted by Crippen LogP contribution is -2.46. The van der Waals surface area contributed by atoms with Crippen LogP contribution < -0.4 is 0 Å². The Labute approximate surface area is 135 Å². The Bertz CT molecular complexity index is 547. The quantitative estimate of drug-likeness (QED) is 0.889.